The molecule has 7 heteroatoms. The fourth-order valence-electron chi connectivity index (χ4n) is 0.964. The van der Waals surface area contributed by atoms with Crippen molar-refractivity contribution in [2.75, 3.05) is 13.1 Å². The predicted octanol–water partition coefficient (Wildman–Crippen LogP) is 0.202. The van der Waals surface area contributed by atoms with Crippen LogP contribution in [0.2, 0.25) is 0 Å². The van der Waals surface area contributed by atoms with E-state index < -0.39 is 26.6 Å². The highest BCUT2D eigenvalue weighted by molar-refractivity contribution is 7.89. The number of hydrogen-bond acceptors (Lipinski definition) is 3. The third kappa shape index (κ3) is 2.95. The van der Waals surface area contributed by atoms with Crippen molar-refractivity contribution in [2.45, 2.75) is 4.90 Å². The van der Waals surface area contributed by atoms with Crippen molar-refractivity contribution in [1.82, 2.24) is 4.72 Å². The maximum Gasteiger partial charge on any atom is 0.243 e. The number of nitrogens with one attached hydrogen (secondary N) is 1. The average molecular weight is 236 g/mol. The fourth-order valence-corrected chi connectivity index (χ4v) is 2.07. The summed E-state index contributed by atoms with van der Waals surface area (Å²) in [6.45, 7) is 0.0984. The molecule has 0 fully saturated rings. The minimum absolute atomic E-state index is 0.000843. The first-order chi connectivity index (χ1) is 6.97. The molecule has 0 spiro atoms. The number of nitrogens with two attached hydrogens (primary N) is 1. The van der Waals surface area contributed by atoms with Gasteiger partial charge in [0.05, 0.1) is 0 Å². The topological polar surface area (TPSA) is 72.2 Å². The third-order valence-corrected chi connectivity index (χ3v) is 3.11. The zero-order valence-electron chi connectivity index (χ0n) is 7.70. The number of halogens is 2. The molecular weight excluding hydrogens is 226 g/mol. The van der Waals surface area contributed by atoms with Crippen LogP contribution in [0.25, 0.3) is 0 Å². The quantitative estimate of drug-likeness (QED) is 0.784. The Hall–Kier alpha value is -1.05. The maximum absolute atomic E-state index is 13.1. The lowest BCUT2D eigenvalue weighted by atomic mass is 10.3. The molecule has 84 valence electrons. The van der Waals surface area contributed by atoms with Gasteiger partial charge in [0.25, 0.3) is 0 Å². The molecule has 0 aromatic heterocycles. The van der Waals surface area contributed by atoms with Crippen LogP contribution in [0.5, 0.6) is 0 Å². The van der Waals surface area contributed by atoms with E-state index in [1.54, 1.807) is 0 Å². The summed E-state index contributed by atoms with van der Waals surface area (Å²) in [5.74, 6) is -1.95. The highest BCUT2D eigenvalue weighted by Crippen LogP contribution is 2.14. The molecule has 15 heavy (non-hydrogen) atoms. The zero-order chi connectivity index (χ0) is 11.5. The first-order valence-corrected chi connectivity index (χ1v) is 5.60. The van der Waals surface area contributed by atoms with Crippen molar-refractivity contribution < 1.29 is 17.2 Å². The van der Waals surface area contributed by atoms with Crippen molar-refractivity contribution in [3.63, 3.8) is 0 Å². The summed E-state index contributed by atoms with van der Waals surface area (Å²) in [6.07, 6.45) is 0. The molecule has 0 unspecified atom stereocenters. The predicted molar refractivity (Wildman–Crippen MR) is 50.6 cm³/mol. The van der Waals surface area contributed by atoms with Gasteiger partial charge in [-0.2, -0.15) is 0 Å². The Morgan fingerprint density at radius 1 is 1.33 bits per heavy atom. The molecule has 0 saturated carbocycles. The minimum atomic E-state index is -3.94. The molecule has 1 aromatic carbocycles. The van der Waals surface area contributed by atoms with Crippen LogP contribution in [0.4, 0.5) is 8.78 Å². The molecule has 0 aliphatic rings. The van der Waals surface area contributed by atoms with Crippen LogP contribution in [0, 0.1) is 11.6 Å². The fraction of sp³-hybridized carbons (Fsp3) is 0.250. The summed E-state index contributed by atoms with van der Waals surface area (Å²) in [5.41, 5.74) is 5.10. The maximum atomic E-state index is 13.1. The van der Waals surface area contributed by atoms with Gasteiger partial charge in [-0.05, 0) is 12.1 Å². The SMILES string of the molecule is NCCNS(=O)(=O)c1ccc(F)cc1F. The molecule has 0 aliphatic carbocycles. The molecule has 0 bridgehead atoms. The standard InChI is InChI=1S/C8H10F2N2O2S/c9-6-1-2-8(7(10)5-6)15(13,14)12-4-3-11/h1-2,5,12H,3-4,11H2. The van der Waals surface area contributed by atoms with E-state index >= 15 is 0 Å². The Morgan fingerprint density at radius 2 is 2.00 bits per heavy atom. The Labute approximate surface area is 86.1 Å². The molecule has 0 aliphatic heterocycles. The highest BCUT2D eigenvalue weighted by Gasteiger charge is 2.18. The van der Waals surface area contributed by atoms with Gasteiger partial charge in [0, 0.05) is 19.2 Å². The molecule has 0 amide bonds. The van der Waals surface area contributed by atoms with Gasteiger partial charge in [-0.25, -0.2) is 21.9 Å². The Kier molecular flexibility index (Phi) is 3.72. The van der Waals surface area contributed by atoms with E-state index in [9.17, 15) is 17.2 Å². The Balaban J connectivity index is 3.05. The van der Waals surface area contributed by atoms with Crippen molar-refractivity contribution in [3.05, 3.63) is 29.8 Å². The second-order valence-electron chi connectivity index (χ2n) is 2.76. The number of sulfonamides is 1. The molecule has 0 radical (unpaired) electrons. The van der Waals surface area contributed by atoms with Gasteiger partial charge >= 0.3 is 0 Å². The van der Waals surface area contributed by atoms with E-state index in [1.807, 2.05) is 0 Å². The lowest BCUT2D eigenvalue weighted by Crippen LogP contribution is -2.29. The summed E-state index contributed by atoms with van der Waals surface area (Å²) in [6, 6.07) is 2.25. The Bertz CT molecular complexity index is 448. The lowest BCUT2D eigenvalue weighted by molar-refractivity contribution is 0.543. The monoisotopic (exact) mass is 236 g/mol. The van der Waals surface area contributed by atoms with Gasteiger partial charge in [0.2, 0.25) is 10.0 Å². The smallest absolute Gasteiger partial charge is 0.243 e. The van der Waals surface area contributed by atoms with Crippen LogP contribution >= 0.6 is 0 Å². The van der Waals surface area contributed by atoms with Gasteiger partial charge in [-0.15, -0.1) is 0 Å². The highest BCUT2D eigenvalue weighted by atomic mass is 32.2. The number of hydrogen-bond donors (Lipinski definition) is 2. The van der Waals surface area contributed by atoms with Gasteiger partial charge < -0.3 is 5.73 Å². The number of benzene rings is 1. The zero-order valence-corrected chi connectivity index (χ0v) is 8.52. The molecule has 4 nitrogen and oxygen atoms in total. The van der Waals surface area contributed by atoms with Crippen molar-refractivity contribution in [3.8, 4) is 0 Å². The van der Waals surface area contributed by atoms with Gasteiger partial charge in [0.1, 0.15) is 16.5 Å². The van der Waals surface area contributed by atoms with Gasteiger partial charge in [-0.1, -0.05) is 0 Å². The summed E-state index contributed by atoms with van der Waals surface area (Å²) in [5, 5.41) is 0. The third-order valence-electron chi connectivity index (χ3n) is 1.62. The van der Waals surface area contributed by atoms with Crippen LogP contribution in [-0.4, -0.2) is 21.5 Å². The van der Waals surface area contributed by atoms with E-state index in [1.165, 1.54) is 0 Å². The van der Waals surface area contributed by atoms with Crippen molar-refractivity contribution in [1.29, 1.82) is 0 Å². The van der Waals surface area contributed by atoms with E-state index in [4.69, 9.17) is 5.73 Å². The van der Waals surface area contributed by atoms with Crippen LogP contribution in [0.3, 0.4) is 0 Å². The van der Waals surface area contributed by atoms with Crippen LogP contribution in [-0.2, 0) is 10.0 Å². The summed E-state index contributed by atoms with van der Waals surface area (Å²) in [7, 11) is -3.94. The number of rotatable bonds is 4. The van der Waals surface area contributed by atoms with Gasteiger partial charge in [-0.3, -0.25) is 0 Å². The second kappa shape index (κ2) is 4.65. The largest absolute Gasteiger partial charge is 0.329 e. The molecule has 3 N–H and O–H groups in total. The molecular formula is C8H10F2N2O2S. The molecule has 0 heterocycles. The summed E-state index contributed by atoms with van der Waals surface area (Å²) in [4.78, 5) is -0.586. The Morgan fingerprint density at radius 3 is 2.53 bits per heavy atom. The normalized spacial score (nSPS) is 11.7. The van der Waals surface area contributed by atoms with Crippen LogP contribution in [0.15, 0.2) is 23.1 Å². The average Bonchev–Trinajstić information content (AvgIpc) is 2.14. The molecule has 1 rings (SSSR count). The minimum Gasteiger partial charge on any atom is -0.329 e. The van der Waals surface area contributed by atoms with Crippen LogP contribution in [0.1, 0.15) is 0 Å². The summed E-state index contributed by atoms with van der Waals surface area (Å²) < 4.78 is 50.5. The molecule has 0 atom stereocenters. The second-order valence-corrected chi connectivity index (χ2v) is 4.50. The summed E-state index contributed by atoms with van der Waals surface area (Å²) >= 11 is 0. The lowest BCUT2D eigenvalue weighted by Gasteiger charge is -2.06. The van der Waals surface area contributed by atoms with Gasteiger partial charge in [0.15, 0.2) is 0 Å². The molecule has 1 aromatic rings. The molecule has 0 saturated heterocycles. The first kappa shape index (κ1) is 12.0. The van der Waals surface area contributed by atoms with E-state index in [2.05, 4.69) is 4.72 Å². The van der Waals surface area contributed by atoms with Crippen LogP contribution < -0.4 is 10.5 Å². The van der Waals surface area contributed by atoms with E-state index in [0.29, 0.717) is 6.07 Å². The van der Waals surface area contributed by atoms with E-state index in [-0.39, 0.29) is 13.1 Å². The van der Waals surface area contributed by atoms with Crippen molar-refractivity contribution >= 4 is 10.0 Å². The van der Waals surface area contributed by atoms with Crippen molar-refractivity contribution in [2.24, 2.45) is 5.73 Å². The first-order valence-electron chi connectivity index (χ1n) is 4.12. The van der Waals surface area contributed by atoms with E-state index in [0.717, 1.165) is 12.1 Å².